The number of hydrogen-bond acceptors (Lipinski definition) is 19. The van der Waals surface area contributed by atoms with Gasteiger partial charge in [-0.2, -0.15) is 5.10 Å². The molecule has 30 heteroatoms. The molecule has 5 aromatic heterocycles. The van der Waals surface area contributed by atoms with E-state index in [0.717, 1.165) is 22.1 Å². The highest BCUT2D eigenvalue weighted by molar-refractivity contribution is 7.13. The first kappa shape index (κ1) is 66.0. The second-order valence-electron chi connectivity index (χ2n) is 22.9. The summed E-state index contributed by atoms with van der Waals surface area (Å²) < 4.78 is 23.4. The Bertz CT molecular complexity index is 4370. The Morgan fingerprint density at radius 3 is 2.16 bits per heavy atom. The van der Waals surface area contributed by atoms with Gasteiger partial charge in [0, 0.05) is 91.6 Å². The van der Waals surface area contributed by atoms with Crippen LogP contribution in [-0.4, -0.2) is 152 Å². The molecule has 2 aliphatic heterocycles. The van der Waals surface area contributed by atoms with E-state index in [1.165, 1.54) is 37.5 Å². The number of primary amides is 2. The molecule has 94 heavy (non-hydrogen) atoms. The number of fused-ring (bicyclic) bond motifs is 4. The molecule has 2 atom stereocenters. The number of benzene rings is 3. The average molecular weight is 1300 g/mol. The van der Waals surface area contributed by atoms with Crippen LogP contribution in [0.3, 0.4) is 0 Å². The lowest BCUT2D eigenvalue weighted by molar-refractivity contribution is -0.137. The second-order valence-corrected chi connectivity index (χ2v) is 24.1. The van der Waals surface area contributed by atoms with Gasteiger partial charge in [0.05, 0.1) is 35.5 Å². The maximum absolute atomic E-state index is 13.9. The number of rotatable bonds is 27. The molecule has 8 aromatic rings. The lowest BCUT2D eigenvalue weighted by atomic mass is 9.97. The van der Waals surface area contributed by atoms with E-state index in [-0.39, 0.29) is 68.2 Å². The minimum atomic E-state index is -0.999. The Balaban J connectivity index is 0.793. The fourth-order valence-corrected chi connectivity index (χ4v) is 11.9. The van der Waals surface area contributed by atoms with E-state index in [9.17, 15) is 43.2 Å². The van der Waals surface area contributed by atoms with Crippen molar-refractivity contribution in [1.29, 1.82) is 0 Å². The van der Waals surface area contributed by atoms with Gasteiger partial charge in [-0.25, -0.2) is 34.4 Å². The van der Waals surface area contributed by atoms with Crippen LogP contribution < -0.4 is 42.2 Å². The van der Waals surface area contributed by atoms with E-state index in [2.05, 4.69) is 36.3 Å². The molecule has 3 aromatic carbocycles. The van der Waals surface area contributed by atoms with Gasteiger partial charge in [-0.05, 0) is 94.3 Å². The molecule has 0 bridgehead atoms. The van der Waals surface area contributed by atoms with Crippen molar-refractivity contribution in [3.8, 4) is 23.1 Å². The number of ether oxygens (including phenoxy) is 3. The number of carbonyl (C=O) groups excluding carboxylic acids is 9. The third-order valence-electron chi connectivity index (χ3n) is 15.9. The molecule has 0 radical (unpaired) electrons. The van der Waals surface area contributed by atoms with Gasteiger partial charge in [0.2, 0.25) is 35.5 Å². The first-order valence-corrected chi connectivity index (χ1v) is 31.3. The zero-order valence-electron chi connectivity index (χ0n) is 53.0. The van der Waals surface area contributed by atoms with Crippen LogP contribution in [0.15, 0.2) is 79.0 Å². The van der Waals surface area contributed by atoms with Crippen molar-refractivity contribution in [3.63, 3.8) is 0 Å². The number of imide groups is 1. The standard InChI is InChI=1S/C64H71N17O12S/c1-9-44-54(94-36(7)70-44)62(89)75-63-72-45-26-40(56(66)86)27-46(91-8)53(45)80(63)22-12-11-21-79-52-42(43-29-67-57(74-58(43)79)59-69-35(6)76-81(59)10-2)25-39(55(65)85)28-47(52)92-24-20-38-30-77(31-38)64(90)93-32-37-13-15-41(16-14-37)71-60(87)34(5)68-61(88)51(33(3)4)73-48(82)19-23-78-49(83)17-18-50(78)84/h11-18,25-29,33-34,38,51H,9-10,19-24,30-32H2,1-8H3,(H2,65,85)(H2,66,86)(H,68,88)(H,71,87)(H,73,82)(H,72,75,89)/b12-11+/t34-,51-/m0/s1. The zero-order valence-corrected chi connectivity index (χ0v) is 53.8. The number of amides is 9. The number of carbonyl (C=O) groups is 9. The molecule has 2 aliphatic rings. The van der Waals surface area contributed by atoms with Crippen LogP contribution in [0.5, 0.6) is 11.5 Å². The van der Waals surface area contributed by atoms with Crippen LogP contribution in [-0.2, 0) is 61.4 Å². The van der Waals surface area contributed by atoms with Crippen LogP contribution in [0.25, 0.3) is 44.6 Å². The average Bonchev–Trinajstić information content (AvgIpc) is 1.59. The minimum absolute atomic E-state index is 0.0470. The number of aromatic nitrogens is 9. The predicted octanol–water partition coefficient (Wildman–Crippen LogP) is 5.50. The molecule has 0 spiro atoms. The summed E-state index contributed by atoms with van der Waals surface area (Å²) >= 11 is 1.27. The Kier molecular flexibility index (Phi) is 19.9. The molecule has 9 amide bonds. The molecule has 0 saturated carbocycles. The van der Waals surface area contributed by atoms with E-state index in [1.807, 2.05) is 37.5 Å². The Morgan fingerprint density at radius 2 is 1.49 bits per heavy atom. The number of nitrogens with one attached hydrogen (secondary N) is 4. The van der Waals surface area contributed by atoms with Crippen LogP contribution in [0.1, 0.15) is 99.9 Å². The van der Waals surface area contributed by atoms with Crippen molar-refractivity contribution in [3.05, 3.63) is 117 Å². The molecular weight excluding hydrogens is 1230 g/mol. The van der Waals surface area contributed by atoms with E-state index in [4.69, 9.17) is 40.6 Å². The number of hydrogen-bond donors (Lipinski definition) is 6. The van der Waals surface area contributed by atoms with E-state index in [1.54, 1.807) is 77.5 Å². The quantitative estimate of drug-likeness (QED) is 0.0273. The lowest BCUT2D eigenvalue weighted by Crippen LogP contribution is -2.54. The molecular formula is C64H71N17O12S. The first-order chi connectivity index (χ1) is 45.0. The normalized spacial score (nSPS) is 13.9. The summed E-state index contributed by atoms with van der Waals surface area (Å²) in [5.74, 6) is -2.62. The number of anilines is 2. The Labute approximate surface area is 542 Å². The first-order valence-electron chi connectivity index (χ1n) is 30.5. The highest BCUT2D eigenvalue weighted by Gasteiger charge is 2.33. The summed E-state index contributed by atoms with van der Waals surface area (Å²) in [7, 11) is 1.46. The van der Waals surface area contributed by atoms with Gasteiger partial charge in [-0.3, -0.25) is 48.6 Å². The van der Waals surface area contributed by atoms with Gasteiger partial charge < -0.3 is 55.7 Å². The predicted molar refractivity (Wildman–Crippen MR) is 346 cm³/mol. The summed E-state index contributed by atoms with van der Waals surface area (Å²) in [4.78, 5) is 142. The summed E-state index contributed by atoms with van der Waals surface area (Å²) in [5, 5.41) is 17.4. The minimum Gasteiger partial charge on any atom is -0.494 e. The molecule has 29 nitrogen and oxygen atoms in total. The fourth-order valence-electron chi connectivity index (χ4n) is 11.0. The number of allylic oxidation sites excluding steroid dienone is 2. The van der Waals surface area contributed by atoms with Gasteiger partial charge in [0.15, 0.2) is 11.6 Å². The fraction of sp³-hybridized carbons (Fsp3) is 0.359. The van der Waals surface area contributed by atoms with Crippen LogP contribution >= 0.6 is 11.3 Å². The smallest absolute Gasteiger partial charge is 0.410 e. The SMILES string of the molecule is CCc1nc(C)sc1C(=O)Nc1nc2cc(C(N)=O)cc(OC)c2n1C/C=C/Cn1c2nc(-c3nc(C)nn3CC)ncc2c2cc(C(N)=O)cc(OCCC3CN(C(=O)OCc4ccc(NC(=O)[C@H](C)NC(=O)[C@@H](NC(=O)CCN5C(=O)C=CC5=O)C(C)C)cc4)C3)c21. The maximum Gasteiger partial charge on any atom is 0.410 e. The summed E-state index contributed by atoms with van der Waals surface area (Å²) in [5.41, 5.74) is 15.7. The number of nitrogens with zero attached hydrogens (tertiary/aromatic N) is 11. The van der Waals surface area contributed by atoms with Gasteiger partial charge in [0.1, 0.15) is 52.1 Å². The molecule has 0 aliphatic carbocycles. The molecule has 7 heterocycles. The third kappa shape index (κ3) is 14.4. The number of nitrogens with two attached hydrogens (primary N) is 2. The van der Waals surface area contributed by atoms with Crippen molar-refractivity contribution in [1.82, 2.24) is 64.3 Å². The summed E-state index contributed by atoms with van der Waals surface area (Å²) in [6.07, 6.45) is 8.06. The second kappa shape index (κ2) is 28.3. The molecule has 10 rings (SSSR count). The van der Waals surface area contributed by atoms with Gasteiger partial charge in [-0.15, -0.1) is 11.3 Å². The highest BCUT2D eigenvalue weighted by Crippen LogP contribution is 2.38. The van der Waals surface area contributed by atoms with Crippen LogP contribution in [0, 0.1) is 25.7 Å². The number of thiazole rings is 1. The Morgan fingerprint density at radius 1 is 0.798 bits per heavy atom. The summed E-state index contributed by atoms with van der Waals surface area (Å²) in [6.45, 7) is 14.1. The topological polar surface area (TPSA) is 380 Å². The number of imidazole rings is 1. The van der Waals surface area contributed by atoms with Crippen LogP contribution in [0.2, 0.25) is 0 Å². The number of methoxy groups -OCH3 is 1. The molecule has 1 fully saturated rings. The van der Waals surface area contributed by atoms with Crippen molar-refractivity contribution < 1.29 is 57.4 Å². The van der Waals surface area contributed by atoms with Crippen molar-refractivity contribution in [2.75, 3.05) is 44.0 Å². The maximum atomic E-state index is 13.9. The van der Waals surface area contributed by atoms with Crippen molar-refractivity contribution >= 4 is 109 Å². The van der Waals surface area contributed by atoms with Crippen molar-refractivity contribution in [2.24, 2.45) is 23.3 Å². The van der Waals surface area contributed by atoms with Gasteiger partial charge in [-0.1, -0.05) is 45.1 Å². The van der Waals surface area contributed by atoms with Gasteiger partial charge in [0.25, 0.3) is 17.7 Å². The Hall–Kier alpha value is -10.9. The molecule has 1 saturated heterocycles. The highest BCUT2D eigenvalue weighted by atomic mass is 32.1. The zero-order chi connectivity index (χ0) is 67.2. The van der Waals surface area contributed by atoms with E-state index < -0.39 is 65.4 Å². The van der Waals surface area contributed by atoms with E-state index in [0.29, 0.717) is 116 Å². The monoisotopic (exact) mass is 1300 g/mol. The molecule has 8 N–H and O–H groups in total. The lowest BCUT2D eigenvalue weighted by Gasteiger charge is -2.38. The largest absolute Gasteiger partial charge is 0.494 e. The summed E-state index contributed by atoms with van der Waals surface area (Å²) in [6, 6.07) is 11.0. The van der Waals surface area contributed by atoms with Crippen LogP contribution in [0.4, 0.5) is 16.4 Å². The van der Waals surface area contributed by atoms with Gasteiger partial charge >= 0.3 is 6.09 Å². The number of likely N-dealkylation sites (tertiary alicyclic amines) is 1. The molecule has 490 valence electrons. The molecule has 0 unspecified atom stereocenters. The van der Waals surface area contributed by atoms with E-state index >= 15 is 0 Å². The third-order valence-corrected chi connectivity index (χ3v) is 16.9. The van der Waals surface area contributed by atoms with Crippen molar-refractivity contribution in [2.45, 2.75) is 106 Å². The number of aryl methyl sites for hydroxylation is 4.